The van der Waals surface area contributed by atoms with Crippen molar-refractivity contribution in [1.82, 2.24) is 10.3 Å². The first-order valence-corrected chi connectivity index (χ1v) is 7.05. The molecule has 1 aromatic carbocycles. The fourth-order valence-corrected chi connectivity index (χ4v) is 1.99. The summed E-state index contributed by atoms with van der Waals surface area (Å²) in [6.07, 6.45) is 6.93. The highest BCUT2D eigenvalue weighted by molar-refractivity contribution is 5.94. The summed E-state index contributed by atoms with van der Waals surface area (Å²) in [5.74, 6) is -0.0455. The van der Waals surface area contributed by atoms with Gasteiger partial charge in [-0.15, -0.1) is 0 Å². The fraction of sp³-hybridized carbons (Fsp3) is 0.294. The third-order valence-electron chi connectivity index (χ3n) is 3.21. The van der Waals surface area contributed by atoms with Crippen molar-refractivity contribution in [2.24, 2.45) is 0 Å². The zero-order valence-corrected chi connectivity index (χ0v) is 11.8. The van der Waals surface area contributed by atoms with E-state index in [0.29, 0.717) is 12.1 Å². The Morgan fingerprint density at radius 2 is 1.95 bits per heavy atom. The SMILES string of the molecule is CCCCc1ccc(C(=O)NCc2cccnc2)cc1. The summed E-state index contributed by atoms with van der Waals surface area (Å²) in [5, 5.41) is 2.90. The predicted molar refractivity (Wildman–Crippen MR) is 80.5 cm³/mol. The lowest BCUT2D eigenvalue weighted by Crippen LogP contribution is -2.22. The van der Waals surface area contributed by atoms with E-state index < -0.39 is 0 Å². The molecule has 2 aromatic rings. The molecule has 0 unspecified atom stereocenters. The summed E-state index contributed by atoms with van der Waals surface area (Å²) >= 11 is 0. The molecular formula is C17H20N2O. The van der Waals surface area contributed by atoms with Crippen molar-refractivity contribution >= 4 is 5.91 Å². The van der Waals surface area contributed by atoms with Crippen LogP contribution in [0.1, 0.15) is 41.3 Å². The maximum atomic E-state index is 12.0. The Bertz CT molecular complexity index is 535. The van der Waals surface area contributed by atoms with Gasteiger partial charge in [-0.2, -0.15) is 0 Å². The summed E-state index contributed by atoms with van der Waals surface area (Å²) in [7, 11) is 0. The van der Waals surface area contributed by atoms with Crippen LogP contribution in [0.4, 0.5) is 0 Å². The van der Waals surface area contributed by atoms with Crippen molar-refractivity contribution in [3.8, 4) is 0 Å². The van der Waals surface area contributed by atoms with Gasteiger partial charge in [0, 0.05) is 24.5 Å². The normalized spacial score (nSPS) is 10.2. The van der Waals surface area contributed by atoms with Gasteiger partial charge in [0.1, 0.15) is 0 Å². The molecule has 3 heteroatoms. The first-order valence-electron chi connectivity index (χ1n) is 7.05. The number of carbonyl (C=O) groups is 1. The molecule has 0 aliphatic rings. The monoisotopic (exact) mass is 268 g/mol. The van der Waals surface area contributed by atoms with E-state index in [-0.39, 0.29) is 5.91 Å². The molecule has 0 atom stereocenters. The molecule has 0 saturated carbocycles. The lowest BCUT2D eigenvalue weighted by atomic mass is 10.1. The van der Waals surface area contributed by atoms with Gasteiger partial charge in [-0.1, -0.05) is 31.5 Å². The van der Waals surface area contributed by atoms with Crippen LogP contribution in [0.5, 0.6) is 0 Å². The highest BCUT2D eigenvalue weighted by Crippen LogP contribution is 2.08. The van der Waals surface area contributed by atoms with Crippen LogP contribution in [0, 0.1) is 0 Å². The number of hydrogen-bond donors (Lipinski definition) is 1. The van der Waals surface area contributed by atoms with Crippen molar-refractivity contribution < 1.29 is 4.79 Å². The highest BCUT2D eigenvalue weighted by Gasteiger charge is 2.05. The zero-order valence-electron chi connectivity index (χ0n) is 11.8. The number of amides is 1. The third kappa shape index (κ3) is 4.19. The van der Waals surface area contributed by atoms with Crippen molar-refractivity contribution in [2.75, 3.05) is 0 Å². The number of nitrogens with zero attached hydrogens (tertiary/aromatic N) is 1. The molecule has 0 aliphatic carbocycles. The second-order valence-electron chi connectivity index (χ2n) is 4.84. The van der Waals surface area contributed by atoms with Crippen molar-refractivity contribution in [2.45, 2.75) is 32.7 Å². The molecule has 1 aromatic heterocycles. The van der Waals surface area contributed by atoms with Gasteiger partial charge in [-0.05, 0) is 42.2 Å². The van der Waals surface area contributed by atoms with Gasteiger partial charge < -0.3 is 5.32 Å². The van der Waals surface area contributed by atoms with Gasteiger partial charge in [0.15, 0.2) is 0 Å². The average molecular weight is 268 g/mol. The molecule has 2 rings (SSSR count). The van der Waals surface area contributed by atoms with Gasteiger partial charge in [-0.25, -0.2) is 0 Å². The number of aryl methyl sites for hydroxylation is 1. The molecule has 20 heavy (non-hydrogen) atoms. The number of carbonyl (C=O) groups excluding carboxylic acids is 1. The molecule has 0 radical (unpaired) electrons. The van der Waals surface area contributed by atoms with Gasteiger partial charge in [-0.3, -0.25) is 9.78 Å². The summed E-state index contributed by atoms with van der Waals surface area (Å²) < 4.78 is 0. The highest BCUT2D eigenvalue weighted by atomic mass is 16.1. The van der Waals surface area contributed by atoms with E-state index in [2.05, 4.69) is 17.2 Å². The maximum Gasteiger partial charge on any atom is 0.251 e. The van der Waals surface area contributed by atoms with E-state index in [1.807, 2.05) is 36.4 Å². The van der Waals surface area contributed by atoms with Crippen molar-refractivity contribution in [1.29, 1.82) is 0 Å². The quantitative estimate of drug-likeness (QED) is 0.873. The Morgan fingerprint density at radius 1 is 1.15 bits per heavy atom. The van der Waals surface area contributed by atoms with Gasteiger partial charge >= 0.3 is 0 Å². The molecule has 3 nitrogen and oxygen atoms in total. The van der Waals surface area contributed by atoms with Crippen LogP contribution in [0.2, 0.25) is 0 Å². The van der Waals surface area contributed by atoms with Crippen LogP contribution in [-0.2, 0) is 13.0 Å². The van der Waals surface area contributed by atoms with Crippen molar-refractivity contribution in [3.05, 3.63) is 65.5 Å². The molecule has 0 aliphatic heterocycles. The molecule has 0 spiro atoms. The summed E-state index contributed by atoms with van der Waals surface area (Å²) in [4.78, 5) is 16.0. The Kier molecular flexibility index (Phi) is 5.30. The lowest BCUT2D eigenvalue weighted by molar-refractivity contribution is 0.0951. The second-order valence-corrected chi connectivity index (χ2v) is 4.84. The third-order valence-corrected chi connectivity index (χ3v) is 3.21. The second kappa shape index (κ2) is 7.43. The van der Waals surface area contributed by atoms with E-state index in [1.165, 1.54) is 18.4 Å². The number of unbranched alkanes of at least 4 members (excludes halogenated alkanes) is 1. The summed E-state index contributed by atoms with van der Waals surface area (Å²) in [5.41, 5.74) is 2.99. The predicted octanol–water partition coefficient (Wildman–Crippen LogP) is 3.35. The maximum absolute atomic E-state index is 12.0. The van der Waals surface area contributed by atoms with Crippen LogP contribution in [0.15, 0.2) is 48.8 Å². The minimum Gasteiger partial charge on any atom is -0.348 e. The molecule has 0 bridgehead atoms. The minimum absolute atomic E-state index is 0.0455. The number of hydrogen-bond acceptors (Lipinski definition) is 2. The van der Waals surface area contributed by atoms with Crippen LogP contribution in [0.25, 0.3) is 0 Å². The lowest BCUT2D eigenvalue weighted by Gasteiger charge is -2.06. The molecule has 1 heterocycles. The first kappa shape index (κ1) is 14.3. The van der Waals surface area contributed by atoms with E-state index in [4.69, 9.17) is 0 Å². The zero-order chi connectivity index (χ0) is 14.2. The largest absolute Gasteiger partial charge is 0.348 e. The topological polar surface area (TPSA) is 42.0 Å². The fourth-order valence-electron chi connectivity index (χ4n) is 1.99. The van der Waals surface area contributed by atoms with Crippen molar-refractivity contribution in [3.63, 3.8) is 0 Å². The van der Waals surface area contributed by atoms with Crippen LogP contribution in [-0.4, -0.2) is 10.9 Å². The summed E-state index contributed by atoms with van der Waals surface area (Å²) in [6.45, 7) is 2.69. The Morgan fingerprint density at radius 3 is 2.60 bits per heavy atom. The van der Waals surface area contributed by atoms with E-state index in [1.54, 1.807) is 12.4 Å². The molecule has 104 valence electrons. The standard InChI is InChI=1S/C17H20N2O/c1-2-3-5-14-7-9-16(10-8-14)17(20)19-13-15-6-4-11-18-12-15/h4,6-12H,2-3,5,13H2,1H3,(H,19,20). The molecular weight excluding hydrogens is 248 g/mol. The van der Waals surface area contributed by atoms with Gasteiger partial charge in [0.25, 0.3) is 5.91 Å². The van der Waals surface area contributed by atoms with Crippen LogP contribution >= 0.6 is 0 Å². The number of rotatable bonds is 6. The Balaban J connectivity index is 1.89. The molecule has 1 N–H and O–H groups in total. The minimum atomic E-state index is -0.0455. The average Bonchev–Trinajstić information content (AvgIpc) is 2.52. The number of benzene rings is 1. The number of nitrogens with one attached hydrogen (secondary N) is 1. The summed E-state index contributed by atoms with van der Waals surface area (Å²) in [6, 6.07) is 11.7. The number of aromatic nitrogens is 1. The van der Waals surface area contributed by atoms with Gasteiger partial charge in [0.05, 0.1) is 0 Å². The van der Waals surface area contributed by atoms with E-state index in [0.717, 1.165) is 12.0 Å². The number of pyridine rings is 1. The van der Waals surface area contributed by atoms with Gasteiger partial charge in [0.2, 0.25) is 0 Å². The molecule has 0 saturated heterocycles. The first-order chi connectivity index (χ1) is 9.79. The molecule has 1 amide bonds. The van der Waals surface area contributed by atoms with Crippen LogP contribution in [0.3, 0.4) is 0 Å². The smallest absolute Gasteiger partial charge is 0.251 e. The molecule has 0 fully saturated rings. The Hall–Kier alpha value is -2.16. The van der Waals surface area contributed by atoms with Crippen LogP contribution < -0.4 is 5.32 Å². The van der Waals surface area contributed by atoms with E-state index in [9.17, 15) is 4.79 Å². The Labute approximate surface area is 120 Å². The van der Waals surface area contributed by atoms with E-state index >= 15 is 0 Å².